The van der Waals surface area contributed by atoms with Gasteiger partial charge in [0, 0.05) is 5.69 Å². The van der Waals surface area contributed by atoms with E-state index in [1.807, 2.05) is 24.3 Å². The highest BCUT2D eigenvalue weighted by Gasteiger charge is 2.06. The van der Waals surface area contributed by atoms with Crippen molar-refractivity contribution in [3.63, 3.8) is 0 Å². The van der Waals surface area contributed by atoms with Crippen molar-refractivity contribution < 1.29 is 9.53 Å². The number of rotatable bonds is 6. The van der Waals surface area contributed by atoms with E-state index in [2.05, 4.69) is 17.5 Å². The molecule has 22 heavy (non-hydrogen) atoms. The summed E-state index contributed by atoms with van der Waals surface area (Å²) in [6.45, 7) is 2.76. The number of benzene rings is 2. The van der Waals surface area contributed by atoms with Crippen LogP contribution in [0, 0.1) is 0 Å². The molecule has 0 fully saturated rings. The number of carbonyl (C=O) groups excluding carboxylic acids is 1. The van der Waals surface area contributed by atoms with Crippen LogP contribution in [0.2, 0.25) is 0 Å². The fourth-order valence-corrected chi connectivity index (χ4v) is 1.80. The zero-order valence-corrected chi connectivity index (χ0v) is 12.5. The number of carbonyl (C=O) groups is 1. The number of nitrogens with two attached hydrogens (primary N) is 1. The summed E-state index contributed by atoms with van der Waals surface area (Å²) in [4.78, 5) is 11.9. The molecule has 2 rings (SSSR count). The minimum atomic E-state index is -0.336. The molecule has 0 atom stereocenters. The van der Waals surface area contributed by atoms with Gasteiger partial charge in [-0.25, -0.2) is 5.43 Å². The van der Waals surface area contributed by atoms with Crippen LogP contribution in [0.4, 0.5) is 5.69 Å². The number of hydrogen-bond donors (Lipinski definition) is 2. The monoisotopic (exact) mass is 297 g/mol. The van der Waals surface area contributed by atoms with E-state index in [4.69, 9.17) is 10.5 Å². The average Bonchev–Trinajstić information content (AvgIpc) is 2.54. The summed E-state index contributed by atoms with van der Waals surface area (Å²) in [5, 5.41) is 3.93. The van der Waals surface area contributed by atoms with Crippen LogP contribution >= 0.6 is 0 Å². The van der Waals surface area contributed by atoms with Crippen LogP contribution in [0.15, 0.2) is 53.6 Å². The summed E-state index contributed by atoms with van der Waals surface area (Å²) in [7, 11) is 0. The molecule has 0 aromatic heterocycles. The second-order valence-corrected chi connectivity index (χ2v) is 4.70. The Balaban J connectivity index is 1.92. The molecule has 0 aliphatic rings. The fourth-order valence-electron chi connectivity index (χ4n) is 1.80. The van der Waals surface area contributed by atoms with Gasteiger partial charge in [0.2, 0.25) is 0 Å². The molecule has 0 saturated heterocycles. The molecule has 0 saturated carbocycles. The molecule has 0 spiro atoms. The number of anilines is 1. The molecular formula is C17H19N3O2. The molecule has 114 valence electrons. The van der Waals surface area contributed by atoms with Gasteiger partial charge in [-0.05, 0) is 48.4 Å². The van der Waals surface area contributed by atoms with Gasteiger partial charge < -0.3 is 10.5 Å². The topological polar surface area (TPSA) is 76.7 Å². The lowest BCUT2D eigenvalue weighted by Crippen LogP contribution is -2.18. The van der Waals surface area contributed by atoms with Gasteiger partial charge in [0.1, 0.15) is 5.75 Å². The summed E-state index contributed by atoms with van der Waals surface area (Å²) in [5.41, 5.74) is 9.89. The highest BCUT2D eigenvalue weighted by molar-refractivity contribution is 5.99. The van der Waals surface area contributed by atoms with Crippen LogP contribution in [-0.2, 0) is 0 Å². The molecule has 5 heteroatoms. The van der Waals surface area contributed by atoms with Crippen LogP contribution < -0.4 is 15.9 Å². The molecular weight excluding hydrogens is 278 g/mol. The highest BCUT2D eigenvalue weighted by Crippen LogP contribution is 2.12. The predicted octanol–water partition coefficient (Wildman–Crippen LogP) is 2.82. The van der Waals surface area contributed by atoms with Crippen LogP contribution in [0.3, 0.4) is 0 Å². The van der Waals surface area contributed by atoms with E-state index in [-0.39, 0.29) is 5.91 Å². The zero-order valence-electron chi connectivity index (χ0n) is 12.5. The number of ether oxygens (including phenoxy) is 1. The summed E-state index contributed by atoms with van der Waals surface area (Å²) >= 11 is 0. The summed E-state index contributed by atoms with van der Waals surface area (Å²) in [5.74, 6) is 0.484. The fraction of sp³-hybridized carbons (Fsp3) is 0.176. The minimum Gasteiger partial charge on any atom is -0.494 e. The van der Waals surface area contributed by atoms with Gasteiger partial charge in [0.05, 0.1) is 18.4 Å². The quantitative estimate of drug-likeness (QED) is 0.489. The number of hydrogen-bond acceptors (Lipinski definition) is 4. The van der Waals surface area contributed by atoms with Crippen LogP contribution in [0.5, 0.6) is 5.75 Å². The summed E-state index contributed by atoms with van der Waals surface area (Å²) in [6, 6.07) is 14.3. The number of hydrazone groups is 1. The number of nitrogens with one attached hydrogen (secondary N) is 1. The Kier molecular flexibility index (Phi) is 5.54. The van der Waals surface area contributed by atoms with Crippen molar-refractivity contribution in [1.29, 1.82) is 0 Å². The third-order valence-corrected chi connectivity index (χ3v) is 2.94. The Morgan fingerprint density at radius 2 is 1.95 bits per heavy atom. The van der Waals surface area contributed by atoms with E-state index in [0.29, 0.717) is 17.9 Å². The lowest BCUT2D eigenvalue weighted by molar-refractivity contribution is 0.0956. The Labute approximate surface area is 129 Å². The van der Waals surface area contributed by atoms with Gasteiger partial charge in [-0.3, -0.25) is 4.79 Å². The lowest BCUT2D eigenvalue weighted by Gasteiger charge is -2.04. The highest BCUT2D eigenvalue weighted by atomic mass is 16.5. The van der Waals surface area contributed by atoms with Crippen molar-refractivity contribution in [3.8, 4) is 5.75 Å². The molecule has 0 radical (unpaired) electrons. The molecule has 3 N–H and O–H groups in total. The van der Waals surface area contributed by atoms with Gasteiger partial charge in [0.15, 0.2) is 0 Å². The molecule has 5 nitrogen and oxygen atoms in total. The van der Waals surface area contributed by atoms with Crippen LogP contribution in [-0.4, -0.2) is 18.7 Å². The minimum absolute atomic E-state index is 0.336. The largest absolute Gasteiger partial charge is 0.494 e. The van der Waals surface area contributed by atoms with Gasteiger partial charge in [0.25, 0.3) is 5.91 Å². The first-order valence-corrected chi connectivity index (χ1v) is 7.11. The first-order chi connectivity index (χ1) is 10.7. The van der Waals surface area contributed by atoms with Crippen molar-refractivity contribution in [2.75, 3.05) is 12.3 Å². The van der Waals surface area contributed by atoms with Crippen molar-refractivity contribution in [2.45, 2.75) is 13.3 Å². The third-order valence-electron chi connectivity index (χ3n) is 2.94. The molecule has 0 aliphatic carbocycles. The van der Waals surface area contributed by atoms with Gasteiger partial charge in [-0.2, -0.15) is 5.10 Å². The molecule has 0 unspecified atom stereocenters. The van der Waals surface area contributed by atoms with E-state index in [0.717, 1.165) is 17.7 Å². The Morgan fingerprint density at radius 3 is 2.64 bits per heavy atom. The first-order valence-electron chi connectivity index (χ1n) is 7.11. The smallest absolute Gasteiger partial charge is 0.273 e. The van der Waals surface area contributed by atoms with E-state index < -0.39 is 0 Å². The summed E-state index contributed by atoms with van der Waals surface area (Å²) in [6.07, 6.45) is 2.54. The average molecular weight is 297 g/mol. The van der Waals surface area contributed by atoms with Crippen LogP contribution in [0.25, 0.3) is 0 Å². The number of amides is 1. The molecule has 0 bridgehead atoms. The molecule has 2 aromatic carbocycles. The summed E-state index contributed by atoms with van der Waals surface area (Å²) < 4.78 is 5.50. The Morgan fingerprint density at radius 1 is 1.23 bits per heavy atom. The standard InChI is InChI=1S/C17H19N3O2/c1-2-11-22-14-9-7-13(8-10-14)12-19-20-17(21)15-5-3-4-6-16(15)18/h3-10,12H,2,11,18H2,1H3,(H,20,21)/b19-12-. The Bertz CT molecular complexity index is 651. The SMILES string of the molecule is CCCOc1ccc(/C=N\NC(=O)c2ccccc2N)cc1. The second kappa shape index (κ2) is 7.83. The molecule has 2 aromatic rings. The molecule has 0 heterocycles. The number of para-hydroxylation sites is 1. The molecule has 1 amide bonds. The first kappa shape index (κ1) is 15.6. The Hall–Kier alpha value is -2.82. The second-order valence-electron chi connectivity index (χ2n) is 4.70. The van der Waals surface area contributed by atoms with E-state index in [1.54, 1.807) is 30.5 Å². The number of nitrogens with zero attached hydrogens (tertiary/aromatic N) is 1. The van der Waals surface area contributed by atoms with Crippen LogP contribution in [0.1, 0.15) is 29.3 Å². The van der Waals surface area contributed by atoms with Gasteiger partial charge in [-0.1, -0.05) is 19.1 Å². The van der Waals surface area contributed by atoms with E-state index in [1.165, 1.54) is 0 Å². The van der Waals surface area contributed by atoms with Gasteiger partial charge in [-0.15, -0.1) is 0 Å². The maximum atomic E-state index is 11.9. The predicted molar refractivity (Wildman–Crippen MR) is 88.1 cm³/mol. The maximum absolute atomic E-state index is 11.9. The lowest BCUT2D eigenvalue weighted by atomic mass is 10.2. The van der Waals surface area contributed by atoms with Crippen molar-refractivity contribution in [1.82, 2.24) is 5.43 Å². The molecule has 0 aliphatic heterocycles. The van der Waals surface area contributed by atoms with E-state index >= 15 is 0 Å². The third kappa shape index (κ3) is 4.34. The maximum Gasteiger partial charge on any atom is 0.273 e. The van der Waals surface area contributed by atoms with Crippen molar-refractivity contribution in [3.05, 3.63) is 59.7 Å². The van der Waals surface area contributed by atoms with Crippen molar-refractivity contribution in [2.24, 2.45) is 5.10 Å². The van der Waals surface area contributed by atoms with Crippen molar-refractivity contribution >= 4 is 17.8 Å². The van der Waals surface area contributed by atoms with E-state index in [9.17, 15) is 4.79 Å². The normalized spacial score (nSPS) is 10.6. The number of nitrogen functional groups attached to an aromatic ring is 1. The zero-order chi connectivity index (χ0) is 15.8. The van der Waals surface area contributed by atoms with Gasteiger partial charge >= 0.3 is 0 Å².